The number of hydrogen-bond donors (Lipinski definition) is 1. The largest absolute Gasteiger partial charge is 0.444 e. The highest BCUT2D eigenvalue weighted by Gasteiger charge is 2.28. The van der Waals surface area contributed by atoms with Crippen molar-refractivity contribution in [2.45, 2.75) is 72.1 Å². The summed E-state index contributed by atoms with van der Waals surface area (Å²) in [7, 11) is 0. The van der Waals surface area contributed by atoms with Crippen molar-refractivity contribution < 1.29 is 23.9 Å². The van der Waals surface area contributed by atoms with E-state index < -0.39 is 23.4 Å². The van der Waals surface area contributed by atoms with E-state index in [4.69, 9.17) is 21.1 Å². The van der Waals surface area contributed by atoms with Gasteiger partial charge in [-0.2, -0.15) is 0 Å². The molecule has 0 aliphatic carbocycles. The number of hydrogen-bond acceptors (Lipinski definition) is 6. The standard InChI is InChI=1S/C22H32ClN3O5/c1-21(2,3)30-19(28)25-18(24-15-16-9-11-17(23)12-10-16)26(13-7-8-14-27)20(29)31-22(4,5)6/h9-12,14H,7-8,13,15H2,1-6H3,(H,24,25,28). The van der Waals surface area contributed by atoms with E-state index in [9.17, 15) is 14.4 Å². The van der Waals surface area contributed by atoms with E-state index in [1.165, 1.54) is 4.90 Å². The number of halogens is 1. The number of nitrogens with zero attached hydrogens (tertiary/aromatic N) is 2. The van der Waals surface area contributed by atoms with Crippen molar-refractivity contribution in [2.24, 2.45) is 4.99 Å². The number of ether oxygens (including phenoxy) is 2. The molecule has 1 aromatic rings. The van der Waals surface area contributed by atoms with Gasteiger partial charge >= 0.3 is 12.2 Å². The first-order valence-corrected chi connectivity index (χ1v) is 10.4. The summed E-state index contributed by atoms with van der Waals surface area (Å²) in [5, 5.41) is 3.14. The normalized spacial score (nSPS) is 12.2. The molecule has 0 aliphatic heterocycles. The Morgan fingerprint density at radius 1 is 1.06 bits per heavy atom. The van der Waals surface area contributed by atoms with Crippen molar-refractivity contribution in [2.75, 3.05) is 6.54 Å². The average Bonchev–Trinajstić information content (AvgIpc) is 2.61. The number of aliphatic imine (C=N–C) groups is 1. The van der Waals surface area contributed by atoms with Crippen LogP contribution in [-0.4, -0.2) is 47.1 Å². The van der Waals surface area contributed by atoms with Gasteiger partial charge in [0.1, 0.15) is 17.5 Å². The minimum absolute atomic E-state index is 0.0238. The van der Waals surface area contributed by atoms with Crippen LogP contribution in [0.15, 0.2) is 29.3 Å². The summed E-state index contributed by atoms with van der Waals surface area (Å²) in [6.07, 6.45) is -0.0656. The molecule has 172 valence electrons. The van der Waals surface area contributed by atoms with Gasteiger partial charge in [-0.1, -0.05) is 23.7 Å². The Labute approximate surface area is 188 Å². The summed E-state index contributed by atoms with van der Waals surface area (Å²) in [5.74, 6) is -0.0238. The lowest BCUT2D eigenvalue weighted by Crippen LogP contribution is -2.50. The molecular weight excluding hydrogens is 422 g/mol. The Bertz CT molecular complexity index is 780. The molecule has 0 unspecified atom stereocenters. The van der Waals surface area contributed by atoms with Crippen LogP contribution in [0.5, 0.6) is 0 Å². The van der Waals surface area contributed by atoms with Crippen molar-refractivity contribution in [3.05, 3.63) is 34.9 Å². The predicted octanol–water partition coefficient (Wildman–Crippen LogP) is 4.94. The minimum Gasteiger partial charge on any atom is -0.444 e. The molecule has 1 aromatic carbocycles. The highest BCUT2D eigenvalue weighted by Crippen LogP contribution is 2.14. The fraction of sp³-hybridized carbons (Fsp3) is 0.545. The third-order valence-corrected chi connectivity index (χ3v) is 3.76. The minimum atomic E-state index is -0.758. The van der Waals surface area contributed by atoms with Gasteiger partial charge in [-0.05, 0) is 65.7 Å². The Kier molecular flexibility index (Phi) is 9.97. The molecule has 9 heteroatoms. The molecule has 0 fully saturated rings. The maximum Gasteiger partial charge on any atom is 0.417 e. The van der Waals surface area contributed by atoms with Gasteiger partial charge in [0.25, 0.3) is 0 Å². The van der Waals surface area contributed by atoms with E-state index in [2.05, 4.69) is 10.3 Å². The van der Waals surface area contributed by atoms with Gasteiger partial charge in [-0.25, -0.2) is 19.5 Å². The zero-order chi connectivity index (χ0) is 23.7. The van der Waals surface area contributed by atoms with Crippen LogP contribution < -0.4 is 5.32 Å². The zero-order valence-electron chi connectivity index (χ0n) is 19.0. The molecule has 0 aromatic heterocycles. The summed E-state index contributed by atoms with van der Waals surface area (Å²) in [4.78, 5) is 41.6. The molecule has 1 rings (SSSR count). The number of alkyl carbamates (subject to hydrolysis) is 1. The number of unbranched alkanes of at least 4 members (excludes halogenated alkanes) is 1. The SMILES string of the molecule is CC(C)(C)OC(=O)NC(=NCc1ccc(Cl)cc1)N(CCCC=O)C(=O)OC(C)(C)C. The van der Waals surface area contributed by atoms with Crippen LogP contribution in [0.2, 0.25) is 5.02 Å². The summed E-state index contributed by atoms with van der Waals surface area (Å²) < 4.78 is 10.8. The summed E-state index contributed by atoms with van der Waals surface area (Å²) in [6.45, 7) is 10.7. The fourth-order valence-corrected chi connectivity index (χ4v) is 2.40. The van der Waals surface area contributed by atoms with Gasteiger partial charge in [0.2, 0.25) is 5.96 Å². The highest BCUT2D eigenvalue weighted by molar-refractivity contribution is 6.30. The molecule has 2 amide bonds. The van der Waals surface area contributed by atoms with Crippen LogP contribution in [0.1, 0.15) is 59.9 Å². The first-order chi connectivity index (χ1) is 14.3. The second-order valence-corrected chi connectivity index (χ2v) is 9.27. The summed E-state index contributed by atoms with van der Waals surface area (Å²) >= 11 is 5.92. The molecule has 0 aliphatic rings. The lowest BCUT2D eigenvalue weighted by Gasteiger charge is -2.28. The zero-order valence-corrected chi connectivity index (χ0v) is 19.8. The van der Waals surface area contributed by atoms with Crippen molar-refractivity contribution in [3.8, 4) is 0 Å². The average molecular weight is 454 g/mol. The third-order valence-electron chi connectivity index (χ3n) is 3.51. The van der Waals surface area contributed by atoms with Gasteiger partial charge in [0.05, 0.1) is 6.54 Å². The number of guanidine groups is 1. The smallest absolute Gasteiger partial charge is 0.417 e. The highest BCUT2D eigenvalue weighted by atomic mass is 35.5. The van der Waals surface area contributed by atoms with Gasteiger partial charge in [0, 0.05) is 18.0 Å². The van der Waals surface area contributed by atoms with E-state index >= 15 is 0 Å². The third kappa shape index (κ3) is 11.4. The summed E-state index contributed by atoms with van der Waals surface area (Å²) in [5.41, 5.74) is -0.669. The first kappa shape index (κ1) is 26.4. The maximum atomic E-state index is 12.8. The Morgan fingerprint density at radius 3 is 2.16 bits per heavy atom. The number of nitrogens with one attached hydrogen (secondary N) is 1. The fourth-order valence-electron chi connectivity index (χ4n) is 2.28. The molecule has 0 saturated heterocycles. The number of aldehydes is 1. The molecule has 1 N–H and O–H groups in total. The molecule has 0 heterocycles. The van der Waals surface area contributed by atoms with Crippen molar-refractivity contribution >= 4 is 36.0 Å². The second kappa shape index (κ2) is 11.7. The molecule has 0 bridgehead atoms. The second-order valence-electron chi connectivity index (χ2n) is 8.83. The molecular formula is C22H32ClN3O5. The van der Waals surface area contributed by atoms with Crippen LogP contribution in [0.4, 0.5) is 9.59 Å². The molecule has 0 spiro atoms. The van der Waals surface area contributed by atoms with Crippen LogP contribution in [-0.2, 0) is 20.8 Å². The van der Waals surface area contributed by atoms with E-state index in [1.54, 1.807) is 65.8 Å². The van der Waals surface area contributed by atoms with Gasteiger partial charge < -0.3 is 14.3 Å². The number of carbonyl (C=O) groups excluding carboxylic acids is 3. The van der Waals surface area contributed by atoms with Gasteiger partial charge in [-0.15, -0.1) is 0 Å². The molecule has 8 nitrogen and oxygen atoms in total. The van der Waals surface area contributed by atoms with Crippen LogP contribution in [0.3, 0.4) is 0 Å². The Morgan fingerprint density at radius 2 is 1.65 bits per heavy atom. The predicted molar refractivity (Wildman–Crippen MR) is 120 cm³/mol. The number of rotatable bonds is 6. The van der Waals surface area contributed by atoms with Crippen LogP contribution in [0.25, 0.3) is 0 Å². The van der Waals surface area contributed by atoms with Gasteiger partial charge in [0.15, 0.2) is 0 Å². The Hall–Kier alpha value is -2.61. The lowest BCUT2D eigenvalue weighted by atomic mass is 10.2. The molecule has 0 atom stereocenters. The summed E-state index contributed by atoms with van der Waals surface area (Å²) in [6, 6.07) is 7.04. The first-order valence-electron chi connectivity index (χ1n) is 10.0. The quantitative estimate of drug-likeness (QED) is 0.285. The monoisotopic (exact) mass is 453 g/mol. The van der Waals surface area contributed by atoms with E-state index in [0.29, 0.717) is 11.4 Å². The van der Waals surface area contributed by atoms with Crippen molar-refractivity contribution in [3.63, 3.8) is 0 Å². The topological polar surface area (TPSA) is 97.3 Å². The van der Waals surface area contributed by atoms with Crippen molar-refractivity contribution in [1.82, 2.24) is 10.2 Å². The van der Waals surface area contributed by atoms with Crippen LogP contribution in [0, 0.1) is 0 Å². The van der Waals surface area contributed by atoms with Crippen molar-refractivity contribution in [1.29, 1.82) is 0 Å². The maximum absolute atomic E-state index is 12.8. The molecule has 0 radical (unpaired) electrons. The molecule has 0 saturated carbocycles. The Balaban J connectivity index is 3.21. The lowest BCUT2D eigenvalue weighted by molar-refractivity contribution is -0.108. The van der Waals surface area contributed by atoms with Crippen LogP contribution >= 0.6 is 11.6 Å². The van der Waals surface area contributed by atoms with Gasteiger partial charge in [-0.3, -0.25) is 5.32 Å². The number of amides is 2. The van der Waals surface area contributed by atoms with E-state index in [1.807, 2.05) is 0 Å². The van der Waals surface area contributed by atoms with E-state index in [-0.39, 0.29) is 25.5 Å². The van der Waals surface area contributed by atoms with E-state index in [0.717, 1.165) is 11.8 Å². The molecule has 31 heavy (non-hydrogen) atoms. The number of benzene rings is 1. The number of carbonyl (C=O) groups is 3.